The Bertz CT molecular complexity index is 1080. The molecule has 0 aliphatic carbocycles. The van der Waals surface area contributed by atoms with Crippen molar-refractivity contribution in [3.63, 3.8) is 0 Å². The number of amides is 1. The third-order valence-electron chi connectivity index (χ3n) is 4.03. The summed E-state index contributed by atoms with van der Waals surface area (Å²) >= 11 is 0. The molecule has 0 bridgehead atoms. The van der Waals surface area contributed by atoms with E-state index in [9.17, 15) is 14.4 Å². The number of anilines is 1. The number of aromatic amines is 1. The highest BCUT2D eigenvalue weighted by Gasteiger charge is 2.11. The van der Waals surface area contributed by atoms with Gasteiger partial charge < -0.3 is 10.3 Å². The molecule has 0 saturated carbocycles. The molecule has 7 heteroatoms. The maximum atomic E-state index is 12.2. The second kappa shape index (κ2) is 5.77. The van der Waals surface area contributed by atoms with Crippen LogP contribution < -0.4 is 16.4 Å². The van der Waals surface area contributed by atoms with Crippen molar-refractivity contribution in [2.45, 2.75) is 13.8 Å². The quantitative estimate of drug-likeness (QED) is 0.746. The number of rotatable bonds is 2. The van der Waals surface area contributed by atoms with E-state index in [1.165, 1.54) is 19.2 Å². The van der Waals surface area contributed by atoms with Gasteiger partial charge in [0.15, 0.2) is 0 Å². The first kappa shape index (κ1) is 15.7. The predicted octanol–water partition coefficient (Wildman–Crippen LogP) is 1.49. The van der Waals surface area contributed by atoms with Crippen molar-refractivity contribution in [2.24, 2.45) is 7.05 Å². The first-order chi connectivity index (χ1) is 11.4. The van der Waals surface area contributed by atoms with Gasteiger partial charge in [-0.05, 0) is 37.6 Å². The van der Waals surface area contributed by atoms with E-state index in [0.29, 0.717) is 16.8 Å². The van der Waals surface area contributed by atoms with E-state index in [1.54, 1.807) is 19.1 Å². The Labute approximate surface area is 137 Å². The summed E-state index contributed by atoms with van der Waals surface area (Å²) in [6, 6.07) is 7.95. The minimum Gasteiger partial charge on any atom is -0.322 e. The average Bonchev–Trinajstić information content (AvgIpc) is 2.55. The average molecular weight is 324 g/mol. The van der Waals surface area contributed by atoms with Gasteiger partial charge in [0, 0.05) is 29.8 Å². The molecule has 2 aromatic heterocycles. The van der Waals surface area contributed by atoms with Gasteiger partial charge in [-0.3, -0.25) is 14.4 Å². The van der Waals surface area contributed by atoms with Crippen molar-refractivity contribution >= 4 is 22.5 Å². The number of pyridine rings is 1. The fourth-order valence-corrected chi connectivity index (χ4v) is 2.46. The molecule has 2 N–H and O–H groups in total. The number of aryl methyl sites for hydroxylation is 2. The number of nitrogens with one attached hydrogen (secondary N) is 2. The van der Waals surface area contributed by atoms with Gasteiger partial charge in [0.2, 0.25) is 0 Å². The van der Waals surface area contributed by atoms with Gasteiger partial charge in [-0.15, -0.1) is 0 Å². The van der Waals surface area contributed by atoms with Gasteiger partial charge in [-0.1, -0.05) is 6.07 Å². The number of hydrogen-bond donors (Lipinski definition) is 2. The summed E-state index contributed by atoms with van der Waals surface area (Å²) in [7, 11) is 1.48. The largest absolute Gasteiger partial charge is 0.322 e. The molecule has 0 aliphatic heterocycles. The van der Waals surface area contributed by atoms with Crippen LogP contribution in [0, 0.1) is 13.8 Å². The summed E-state index contributed by atoms with van der Waals surface area (Å²) in [5.74, 6) is -0.434. The van der Waals surface area contributed by atoms with E-state index in [-0.39, 0.29) is 16.8 Å². The summed E-state index contributed by atoms with van der Waals surface area (Å²) in [6.45, 7) is 3.66. The second-order valence-corrected chi connectivity index (χ2v) is 5.60. The number of carbonyl (C=O) groups is 1. The van der Waals surface area contributed by atoms with Crippen LogP contribution >= 0.6 is 0 Å². The molecule has 0 atom stereocenters. The van der Waals surface area contributed by atoms with Gasteiger partial charge in [-0.2, -0.15) is 5.10 Å². The molecule has 2 heterocycles. The number of fused-ring (bicyclic) bond motifs is 1. The van der Waals surface area contributed by atoms with Gasteiger partial charge in [0.1, 0.15) is 5.69 Å². The van der Waals surface area contributed by atoms with Gasteiger partial charge in [0.05, 0.1) is 5.52 Å². The normalized spacial score (nSPS) is 10.8. The monoisotopic (exact) mass is 324 g/mol. The molecule has 24 heavy (non-hydrogen) atoms. The molecule has 3 rings (SSSR count). The maximum Gasteiger partial charge on any atom is 0.276 e. The van der Waals surface area contributed by atoms with Crippen molar-refractivity contribution in [3.05, 3.63) is 67.9 Å². The number of nitrogens with zero attached hydrogens (tertiary/aromatic N) is 2. The first-order valence-electron chi connectivity index (χ1n) is 7.36. The molecule has 0 radical (unpaired) electrons. The lowest BCUT2D eigenvalue weighted by Gasteiger charge is -2.09. The number of hydrogen-bond acceptors (Lipinski definition) is 4. The summed E-state index contributed by atoms with van der Waals surface area (Å²) in [5.41, 5.74) is 2.45. The Morgan fingerprint density at radius 1 is 1.12 bits per heavy atom. The van der Waals surface area contributed by atoms with Crippen LogP contribution in [0.5, 0.6) is 0 Å². The Hall–Kier alpha value is -3.22. The van der Waals surface area contributed by atoms with E-state index in [0.717, 1.165) is 15.6 Å². The maximum absolute atomic E-state index is 12.2. The molecular formula is C17H16N4O3. The summed E-state index contributed by atoms with van der Waals surface area (Å²) < 4.78 is 1.10. The zero-order valence-electron chi connectivity index (χ0n) is 13.5. The van der Waals surface area contributed by atoms with E-state index in [1.807, 2.05) is 13.0 Å². The smallest absolute Gasteiger partial charge is 0.276 e. The van der Waals surface area contributed by atoms with Crippen LogP contribution in [0.25, 0.3) is 10.9 Å². The van der Waals surface area contributed by atoms with Gasteiger partial charge >= 0.3 is 0 Å². The number of aromatic nitrogens is 3. The molecule has 7 nitrogen and oxygen atoms in total. The molecule has 3 aromatic rings. The van der Waals surface area contributed by atoms with Crippen LogP contribution in [0.4, 0.5) is 5.69 Å². The second-order valence-electron chi connectivity index (χ2n) is 5.60. The Kier molecular flexibility index (Phi) is 3.76. The summed E-state index contributed by atoms with van der Waals surface area (Å²) in [4.78, 5) is 38.3. The van der Waals surface area contributed by atoms with Gasteiger partial charge in [0.25, 0.3) is 17.0 Å². The molecule has 0 aliphatic rings. The first-order valence-corrected chi connectivity index (χ1v) is 7.36. The molecular weight excluding hydrogens is 308 g/mol. The third kappa shape index (κ3) is 2.71. The Morgan fingerprint density at radius 2 is 1.88 bits per heavy atom. The highest BCUT2D eigenvalue weighted by Crippen LogP contribution is 2.21. The lowest BCUT2D eigenvalue weighted by Crippen LogP contribution is -2.23. The highest BCUT2D eigenvalue weighted by molar-refractivity contribution is 6.03. The third-order valence-corrected chi connectivity index (χ3v) is 4.03. The zero-order chi connectivity index (χ0) is 17.4. The standard InChI is InChI=1S/C17H16N4O3/c1-9-10(2)16(23)19-14-8-11(4-5-12(9)14)18-17(24)13-6-7-15(22)21(3)20-13/h4-8H,1-3H3,(H,18,24)(H,19,23). The van der Waals surface area contributed by atoms with Crippen molar-refractivity contribution in [3.8, 4) is 0 Å². The van der Waals surface area contributed by atoms with Crippen molar-refractivity contribution in [1.82, 2.24) is 14.8 Å². The minimum absolute atomic E-state index is 0.130. The fraction of sp³-hybridized carbons (Fsp3) is 0.176. The van der Waals surface area contributed by atoms with Crippen LogP contribution in [0.3, 0.4) is 0 Å². The SMILES string of the molecule is Cc1c(C)c2ccc(NC(=O)c3ccc(=O)n(C)n3)cc2[nH]c1=O. The minimum atomic E-state index is -0.434. The molecule has 0 saturated heterocycles. The topological polar surface area (TPSA) is 96.8 Å². The van der Waals surface area contributed by atoms with Crippen molar-refractivity contribution in [2.75, 3.05) is 5.32 Å². The van der Waals surface area contributed by atoms with E-state index < -0.39 is 5.91 Å². The summed E-state index contributed by atoms with van der Waals surface area (Å²) in [5, 5.41) is 7.54. The summed E-state index contributed by atoms with van der Waals surface area (Å²) in [6.07, 6.45) is 0. The molecule has 0 fully saturated rings. The lowest BCUT2D eigenvalue weighted by atomic mass is 10.1. The lowest BCUT2D eigenvalue weighted by molar-refractivity contribution is 0.102. The Balaban J connectivity index is 1.96. The van der Waals surface area contributed by atoms with Gasteiger partial charge in [-0.25, -0.2) is 4.68 Å². The molecule has 0 spiro atoms. The van der Waals surface area contributed by atoms with Crippen LogP contribution in [-0.2, 0) is 7.05 Å². The number of carbonyl (C=O) groups excluding carboxylic acids is 1. The molecule has 1 aromatic carbocycles. The molecule has 0 unspecified atom stereocenters. The highest BCUT2D eigenvalue weighted by atomic mass is 16.2. The Morgan fingerprint density at radius 3 is 2.58 bits per heavy atom. The zero-order valence-corrected chi connectivity index (χ0v) is 13.5. The van der Waals surface area contributed by atoms with E-state index in [2.05, 4.69) is 15.4 Å². The molecule has 122 valence electrons. The van der Waals surface area contributed by atoms with Crippen molar-refractivity contribution < 1.29 is 4.79 Å². The number of H-pyrrole nitrogens is 1. The van der Waals surface area contributed by atoms with E-state index in [4.69, 9.17) is 0 Å². The van der Waals surface area contributed by atoms with Crippen LogP contribution in [0.1, 0.15) is 21.6 Å². The van der Waals surface area contributed by atoms with E-state index >= 15 is 0 Å². The van der Waals surface area contributed by atoms with Crippen LogP contribution in [0.15, 0.2) is 39.9 Å². The van der Waals surface area contributed by atoms with Crippen molar-refractivity contribution in [1.29, 1.82) is 0 Å². The fourth-order valence-electron chi connectivity index (χ4n) is 2.46. The number of benzene rings is 1. The molecule has 1 amide bonds. The van der Waals surface area contributed by atoms with Crippen LogP contribution in [0.2, 0.25) is 0 Å². The predicted molar refractivity (Wildman–Crippen MR) is 91.5 cm³/mol. The van der Waals surface area contributed by atoms with Crippen LogP contribution in [-0.4, -0.2) is 20.7 Å².